The molecule has 0 radical (unpaired) electrons. The molecule has 6 nitrogen and oxygen atoms in total. The van der Waals surface area contributed by atoms with E-state index in [0.29, 0.717) is 19.0 Å². The lowest BCUT2D eigenvalue weighted by atomic mass is 10.1. The molecule has 1 fully saturated rings. The molecular weight excluding hydrogens is 282 g/mol. The van der Waals surface area contributed by atoms with E-state index in [1.807, 2.05) is 13.8 Å². The van der Waals surface area contributed by atoms with Crippen LogP contribution in [0.25, 0.3) is 0 Å². The fourth-order valence-electron chi connectivity index (χ4n) is 2.30. The first-order valence-electron chi connectivity index (χ1n) is 8.24. The molecule has 1 rings (SSSR count). The zero-order valence-electron chi connectivity index (χ0n) is 14.3. The van der Waals surface area contributed by atoms with Crippen LogP contribution in [0.2, 0.25) is 0 Å². The third-order valence-electron chi connectivity index (χ3n) is 3.89. The van der Waals surface area contributed by atoms with Gasteiger partial charge in [-0.15, -0.1) is 0 Å². The Morgan fingerprint density at radius 1 is 1.23 bits per heavy atom. The van der Waals surface area contributed by atoms with E-state index in [2.05, 4.69) is 19.2 Å². The molecule has 22 heavy (non-hydrogen) atoms. The number of nitrogens with one attached hydrogen (secondary N) is 1. The molecule has 0 aromatic heterocycles. The van der Waals surface area contributed by atoms with Crippen LogP contribution in [0.4, 0.5) is 0 Å². The highest BCUT2D eigenvalue weighted by atomic mass is 16.5. The average molecular weight is 313 g/mol. The molecule has 0 aromatic carbocycles. The molecule has 0 bridgehead atoms. The summed E-state index contributed by atoms with van der Waals surface area (Å²) in [7, 11) is 0. The minimum absolute atomic E-state index is 0.0246. The van der Waals surface area contributed by atoms with Crippen molar-refractivity contribution < 1.29 is 14.3 Å². The first-order chi connectivity index (χ1) is 10.3. The average Bonchev–Trinajstić information content (AvgIpc) is 2.49. The Morgan fingerprint density at radius 3 is 2.32 bits per heavy atom. The lowest BCUT2D eigenvalue weighted by Gasteiger charge is -2.32. The SMILES string of the molecule is CC(C)COC1CCN(C(=O)CNC(=O)[C@@H](N)C(C)C)CC1. The fourth-order valence-corrected chi connectivity index (χ4v) is 2.30. The van der Waals surface area contributed by atoms with Crippen LogP contribution >= 0.6 is 0 Å². The zero-order valence-corrected chi connectivity index (χ0v) is 14.3. The summed E-state index contributed by atoms with van der Waals surface area (Å²) < 4.78 is 5.80. The summed E-state index contributed by atoms with van der Waals surface area (Å²) in [6.07, 6.45) is 1.96. The van der Waals surface area contributed by atoms with Crippen molar-refractivity contribution in [2.24, 2.45) is 17.6 Å². The number of ether oxygens (including phenoxy) is 1. The van der Waals surface area contributed by atoms with E-state index in [9.17, 15) is 9.59 Å². The van der Waals surface area contributed by atoms with Crippen molar-refractivity contribution >= 4 is 11.8 Å². The highest BCUT2D eigenvalue weighted by Gasteiger charge is 2.24. The highest BCUT2D eigenvalue weighted by molar-refractivity contribution is 5.87. The molecule has 0 unspecified atom stereocenters. The van der Waals surface area contributed by atoms with Gasteiger partial charge in [0, 0.05) is 19.7 Å². The van der Waals surface area contributed by atoms with Crippen LogP contribution in [0, 0.1) is 11.8 Å². The highest BCUT2D eigenvalue weighted by Crippen LogP contribution is 2.14. The first kappa shape index (κ1) is 18.9. The number of hydrogen-bond acceptors (Lipinski definition) is 4. The lowest BCUT2D eigenvalue weighted by Crippen LogP contribution is -2.49. The van der Waals surface area contributed by atoms with Gasteiger partial charge < -0.3 is 20.7 Å². The molecule has 1 saturated heterocycles. The third kappa shape index (κ3) is 6.32. The summed E-state index contributed by atoms with van der Waals surface area (Å²) in [5.41, 5.74) is 5.75. The van der Waals surface area contributed by atoms with Gasteiger partial charge in [0.05, 0.1) is 18.7 Å². The second-order valence-electron chi connectivity index (χ2n) is 6.79. The van der Waals surface area contributed by atoms with Gasteiger partial charge in [-0.3, -0.25) is 9.59 Å². The van der Waals surface area contributed by atoms with Crippen molar-refractivity contribution in [3.8, 4) is 0 Å². The maximum absolute atomic E-state index is 12.1. The van der Waals surface area contributed by atoms with Crippen molar-refractivity contribution in [1.29, 1.82) is 0 Å². The Kier molecular flexibility index (Phi) is 7.82. The minimum Gasteiger partial charge on any atom is -0.378 e. The van der Waals surface area contributed by atoms with Crippen molar-refractivity contribution in [1.82, 2.24) is 10.2 Å². The summed E-state index contributed by atoms with van der Waals surface area (Å²) >= 11 is 0. The van der Waals surface area contributed by atoms with Crippen LogP contribution in [0.15, 0.2) is 0 Å². The molecule has 0 saturated carbocycles. The lowest BCUT2D eigenvalue weighted by molar-refractivity contribution is -0.135. The third-order valence-corrected chi connectivity index (χ3v) is 3.89. The fraction of sp³-hybridized carbons (Fsp3) is 0.875. The van der Waals surface area contributed by atoms with Crippen LogP contribution in [0.1, 0.15) is 40.5 Å². The Bertz CT molecular complexity index is 364. The van der Waals surface area contributed by atoms with Gasteiger partial charge in [-0.2, -0.15) is 0 Å². The summed E-state index contributed by atoms with van der Waals surface area (Å²) in [6, 6.07) is -0.567. The molecule has 1 heterocycles. The Morgan fingerprint density at radius 2 is 1.82 bits per heavy atom. The second kappa shape index (κ2) is 9.10. The van der Waals surface area contributed by atoms with Gasteiger partial charge in [-0.25, -0.2) is 0 Å². The Labute approximate surface area is 133 Å². The standard InChI is InChI=1S/C16H31N3O3/c1-11(2)10-22-13-5-7-19(8-6-13)14(20)9-18-16(21)15(17)12(3)4/h11-13,15H,5-10,17H2,1-4H3,(H,18,21)/t15-/m0/s1. The van der Waals surface area contributed by atoms with Gasteiger partial charge >= 0.3 is 0 Å². The van der Waals surface area contributed by atoms with Gasteiger partial charge in [0.25, 0.3) is 0 Å². The zero-order chi connectivity index (χ0) is 16.7. The van der Waals surface area contributed by atoms with Gasteiger partial charge in [0.1, 0.15) is 0 Å². The molecule has 1 aliphatic rings. The normalized spacial score (nSPS) is 17.9. The van der Waals surface area contributed by atoms with E-state index < -0.39 is 6.04 Å². The van der Waals surface area contributed by atoms with Crippen LogP contribution < -0.4 is 11.1 Å². The Hall–Kier alpha value is -1.14. The number of carbonyl (C=O) groups excluding carboxylic acids is 2. The van der Waals surface area contributed by atoms with Crippen molar-refractivity contribution in [2.45, 2.75) is 52.7 Å². The molecule has 128 valence electrons. The van der Waals surface area contributed by atoms with Crippen LogP contribution in [-0.4, -0.2) is 55.1 Å². The number of nitrogens with two attached hydrogens (primary N) is 1. The number of rotatable bonds is 7. The minimum atomic E-state index is -0.567. The molecular formula is C16H31N3O3. The molecule has 2 amide bonds. The van der Waals surface area contributed by atoms with E-state index in [-0.39, 0.29) is 30.4 Å². The van der Waals surface area contributed by atoms with Crippen LogP contribution in [-0.2, 0) is 14.3 Å². The van der Waals surface area contributed by atoms with Gasteiger partial charge in [0.15, 0.2) is 0 Å². The van der Waals surface area contributed by atoms with E-state index in [4.69, 9.17) is 10.5 Å². The summed E-state index contributed by atoms with van der Waals surface area (Å²) in [5.74, 6) is 0.272. The maximum atomic E-state index is 12.1. The van der Waals surface area contributed by atoms with Gasteiger partial charge in [0.2, 0.25) is 11.8 Å². The molecule has 0 spiro atoms. The molecule has 0 aromatic rings. The predicted molar refractivity (Wildman–Crippen MR) is 86.2 cm³/mol. The van der Waals surface area contributed by atoms with Crippen molar-refractivity contribution in [2.75, 3.05) is 26.2 Å². The molecule has 6 heteroatoms. The number of likely N-dealkylation sites (tertiary alicyclic amines) is 1. The van der Waals surface area contributed by atoms with Gasteiger partial charge in [-0.05, 0) is 24.7 Å². The largest absolute Gasteiger partial charge is 0.378 e. The number of amides is 2. The molecule has 1 atom stereocenters. The second-order valence-corrected chi connectivity index (χ2v) is 6.79. The van der Waals surface area contributed by atoms with Crippen molar-refractivity contribution in [3.63, 3.8) is 0 Å². The van der Waals surface area contributed by atoms with E-state index >= 15 is 0 Å². The number of hydrogen-bond donors (Lipinski definition) is 2. The number of nitrogens with zero attached hydrogens (tertiary/aromatic N) is 1. The van der Waals surface area contributed by atoms with E-state index in [1.54, 1.807) is 4.90 Å². The smallest absolute Gasteiger partial charge is 0.241 e. The van der Waals surface area contributed by atoms with E-state index in [1.165, 1.54) is 0 Å². The maximum Gasteiger partial charge on any atom is 0.241 e. The summed E-state index contributed by atoms with van der Waals surface area (Å²) in [5, 5.41) is 2.63. The number of piperidine rings is 1. The summed E-state index contributed by atoms with van der Waals surface area (Å²) in [4.78, 5) is 25.6. The first-order valence-corrected chi connectivity index (χ1v) is 8.24. The Balaban J connectivity index is 2.26. The van der Waals surface area contributed by atoms with Crippen LogP contribution in [0.3, 0.4) is 0 Å². The van der Waals surface area contributed by atoms with Crippen molar-refractivity contribution in [3.05, 3.63) is 0 Å². The number of carbonyl (C=O) groups is 2. The molecule has 3 N–H and O–H groups in total. The monoisotopic (exact) mass is 313 g/mol. The quantitative estimate of drug-likeness (QED) is 0.726. The van der Waals surface area contributed by atoms with E-state index in [0.717, 1.165) is 19.4 Å². The predicted octanol–water partition coefficient (Wildman–Crippen LogP) is 0.750. The molecule has 1 aliphatic heterocycles. The summed E-state index contributed by atoms with van der Waals surface area (Å²) in [6.45, 7) is 10.2. The topological polar surface area (TPSA) is 84.7 Å². The van der Waals surface area contributed by atoms with Gasteiger partial charge in [-0.1, -0.05) is 27.7 Å². The van der Waals surface area contributed by atoms with Crippen LogP contribution in [0.5, 0.6) is 0 Å². The molecule has 0 aliphatic carbocycles.